The van der Waals surface area contributed by atoms with Gasteiger partial charge < -0.3 is 0 Å². The smallest absolute Gasteiger partial charge is 0.00551 e. The van der Waals surface area contributed by atoms with Crippen LogP contribution in [0.2, 0.25) is 0 Å². The van der Waals surface area contributed by atoms with Gasteiger partial charge in [0.2, 0.25) is 0 Å². The second kappa shape index (κ2) is 4.71. The first-order chi connectivity index (χ1) is 10.9. The van der Waals surface area contributed by atoms with E-state index >= 15 is 0 Å². The van der Waals surface area contributed by atoms with Crippen molar-refractivity contribution in [2.45, 2.75) is 6.42 Å². The molecule has 4 aliphatic rings. The van der Waals surface area contributed by atoms with Crippen LogP contribution in [0.1, 0.15) is 11.1 Å². The van der Waals surface area contributed by atoms with E-state index in [1.807, 2.05) is 0 Å². The highest BCUT2D eigenvalue weighted by Gasteiger charge is 2.45. The predicted octanol–water partition coefficient (Wildman–Crippen LogP) is 4.97. The van der Waals surface area contributed by atoms with E-state index in [0.29, 0.717) is 29.6 Å². The molecular weight excluding hydrogens is 264 g/mol. The summed E-state index contributed by atoms with van der Waals surface area (Å²) in [5.41, 5.74) is 4.61. The van der Waals surface area contributed by atoms with E-state index in [2.05, 4.69) is 78.9 Å². The Hall–Kier alpha value is -2.08. The van der Waals surface area contributed by atoms with Gasteiger partial charge in [-0.15, -0.1) is 0 Å². The molecule has 0 aromatic heterocycles. The summed E-state index contributed by atoms with van der Waals surface area (Å²) in [5, 5.41) is 0. The Morgan fingerprint density at radius 3 is 2.36 bits per heavy atom. The molecular formula is C22H20. The Bertz CT molecular complexity index is 756. The van der Waals surface area contributed by atoms with Crippen LogP contribution in [0.15, 0.2) is 78.4 Å². The van der Waals surface area contributed by atoms with E-state index in [0.717, 1.165) is 0 Å². The quantitative estimate of drug-likeness (QED) is 0.631. The molecule has 4 aliphatic carbocycles. The molecule has 0 aliphatic heterocycles. The molecule has 0 radical (unpaired) electrons. The third-order valence-corrected chi connectivity index (χ3v) is 5.94. The van der Waals surface area contributed by atoms with Crippen molar-refractivity contribution in [3.8, 4) is 0 Å². The highest BCUT2D eigenvalue weighted by molar-refractivity contribution is 5.63. The van der Waals surface area contributed by atoms with Gasteiger partial charge in [-0.25, -0.2) is 0 Å². The van der Waals surface area contributed by atoms with E-state index in [1.54, 1.807) is 5.57 Å². The standard InChI is InChI=1S/C22H20/c1-2-8-16-14-22-20-12-6-4-10-18(20)17-9-3-5-11-19(17)21(22)13-15(16)7-1/h1-13,17-20,22H,14H2. The van der Waals surface area contributed by atoms with E-state index in [-0.39, 0.29) is 0 Å². The first-order valence-corrected chi connectivity index (χ1v) is 8.41. The largest absolute Gasteiger partial charge is 0.0802 e. The average Bonchev–Trinajstić information content (AvgIpc) is 2.61. The molecule has 0 amide bonds. The summed E-state index contributed by atoms with van der Waals surface area (Å²) in [6, 6.07) is 8.93. The number of allylic oxidation sites excluding steroid dienone is 9. The highest BCUT2D eigenvalue weighted by atomic mass is 14.5. The molecule has 0 heterocycles. The molecule has 22 heavy (non-hydrogen) atoms. The maximum atomic E-state index is 2.49. The Morgan fingerprint density at radius 2 is 1.45 bits per heavy atom. The number of hydrogen-bond donors (Lipinski definition) is 0. The van der Waals surface area contributed by atoms with Crippen molar-refractivity contribution in [1.29, 1.82) is 0 Å². The molecule has 5 atom stereocenters. The van der Waals surface area contributed by atoms with Gasteiger partial charge in [-0.2, -0.15) is 0 Å². The Morgan fingerprint density at radius 1 is 0.727 bits per heavy atom. The molecule has 0 N–H and O–H groups in total. The number of fused-ring (bicyclic) bond motifs is 7. The van der Waals surface area contributed by atoms with Crippen LogP contribution in [-0.2, 0) is 6.42 Å². The first kappa shape index (κ1) is 12.5. The molecule has 0 saturated heterocycles. The predicted molar refractivity (Wildman–Crippen MR) is 92.1 cm³/mol. The molecule has 1 aromatic carbocycles. The van der Waals surface area contributed by atoms with Gasteiger partial charge >= 0.3 is 0 Å². The second-order valence-electron chi connectivity index (χ2n) is 6.95. The van der Waals surface area contributed by atoms with Crippen molar-refractivity contribution < 1.29 is 0 Å². The summed E-state index contributed by atoms with van der Waals surface area (Å²) in [5.74, 6) is 3.19. The lowest BCUT2D eigenvalue weighted by atomic mass is 9.55. The van der Waals surface area contributed by atoms with E-state index < -0.39 is 0 Å². The van der Waals surface area contributed by atoms with Crippen molar-refractivity contribution >= 4 is 6.08 Å². The zero-order valence-electron chi connectivity index (χ0n) is 12.6. The maximum absolute atomic E-state index is 2.49. The summed E-state index contributed by atoms with van der Waals surface area (Å²) in [7, 11) is 0. The van der Waals surface area contributed by atoms with E-state index in [4.69, 9.17) is 0 Å². The topological polar surface area (TPSA) is 0 Å². The molecule has 5 unspecified atom stereocenters. The monoisotopic (exact) mass is 284 g/mol. The Kier molecular flexibility index (Phi) is 2.67. The normalized spacial score (nSPS) is 36.9. The van der Waals surface area contributed by atoms with Crippen molar-refractivity contribution in [3.63, 3.8) is 0 Å². The third-order valence-electron chi connectivity index (χ3n) is 5.94. The molecule has 1 saturated carbocycles. The summed E-state index contributed by atoms with van der Waals surface area (Å²) in [6.07, 6.45) is 22.4. The lowest BCUT2D eigenvalue weighted by Gasteiger charge is -2.49. The zero-order valence-corrected chi connectivity index (χ0v) is 12.6. The number of hydrogen-bond acceptors (Lipinski definition) is 0. The van der Waals surface area contributed by atoms with Crippen LogP contribution in [0.25, 0.3) is 6.08 Å². The van der Waals surface area contributed by atoms with E-state index in [1.165, 1.54) is 17.5 Å². The molecule has 1 fully saturated rings. The summed E-state index contributed by atoms with van der Waals surface area (Å²) >= 11 is 0. The van der Waals surface area contributed by atoms with Crippen molar-refractivity contribution in [2.24, 2.45) is 29.6 Å². The molecule has 0 bridgehead atoms. The zero-order chi connectivity index (χ0) is 14.5. The van der Waals surface area contributed by atoms with E-state index in [9.17, 15) is 0 Å². The highest BCUT2D eigenvalue weighted by Crippen LogP contribution is 2.53. The third kappa shape index (κ3) is 1.70. The molecule has 0 spiro atoms. The van der Waals surface area contributed by atoms with Crippen molar-refractivity contribution in [1.82, 2.24) is 0 Å². The Balaban J connectivity index is 1.67. The summed E-state index contributed by atoms with van der Waals surface area (Å²) in [4.78, 5) is 0. The van der Waals surface area contributed by atoms with Gasteiger partial charge in [-0.3, -0.25) is 0 Å². The first-order valence-electron chi connectivity index (χ1n) is 8.41. The molecule has 108 valence electrons. The van der Waals surface area contributed by atoms with Crippen LogP contribution in [0.4, 0.5) is 0 Å². The van der Waals surface area contributed by atoms with Gasteiger partial charge in [0.15, 0.2) is 0 Å². The molecule has 5 rings (SSSR count). The fourth-order valence-corrected chi connectivity index (χ4v) is 4.96. The van der Waals surface area contributed by atoms with Gasteiger partial charge in [0.05, 0.1) is 0 Å². The van der Waals surface area contributed by atoms with Gasteiger partial charge in [-0.1, -0.05) is 84.5 Å². The SMILES string of the molecule is C1=CC2C3=Cc4ccccc4CC3C3C=CC=CC3C2C=C1. The van der Waals surface area contributed by atoms with Crippen molar-refractivity contribution in [3.05, 3.63) is 89.6 Å². The lowest BCUT2D eigenvalue weighted by molar-refractivity contribution is 0.205. The molecule has 0 heteroatoms. The van der Waals surface area contributed by atoms with Gasteiger partial charge in [0.1, 0.15) is 0 Å². The van der Waals surface area contributed by atoms with Crippen LogP contribution in [-0.4, -0.2) is 0 Å². The van der Waals surface area contributed by atoms with Crippen LogP contribution in [0.5, 0.6) is 0 Å². The summed E-state index contributed by atoms with van der Waals surface area (Å²) in [6.45, 7) is 0. The minimum Gasteiger partial charge on any atom is -0.0802 e. The number of rotatable bonds is 0. The van der Waals surface area contributed by atoms with Crippen LogP contribution in [0, 0.1) is 29.6 Å². The van der Waals surface area contributed by atoms with Gasteiger partial charge in [0, 0.05) is 5.92 Å². The van der Waals surface area contributed by atoms with Crippen LogP contribution < -0.4 is 0 Å². The Labute approximate surface area is 132 Å². The number of benzene rings is 1. The second-order valence-corrected chi connectivity index (χ2v) is 6.95. The minimum absolute atomic E-state index is 0.584. The fraction of sp³-hybridized carbons (Fsp3) is 0.273. The summed E-state index contributed by atoms with van der Waals surface area (Å²) < 4.78 is 0. The van der Waals surface area contributed by atoms with Crippen LogP contribution in [0.3, 0.4) is 0 Å². The maximum Gasteiger partial charge on any atom is 0.00551 e. The minimum atomic E-state index is 0.584. The fourth-order valence-electron chi connectivity index (χ4n) is 4.96. The average molecular weight is 284 g/mol. The molecule has 1 aromatic rings. The molecule has 0 nitrogen and oxygen atoms in total. The van der Waals surface area contributed by atoms with Gasteiger partial charge in [-0.05, 0) is 41.2 Å². The van der Waals surface area contributed by atoms with Crippen molar-refractivity contribution in [2.75, 3.05) is 0 Å². The lowest BCUT2D eigenvalue weighted by Crippen LogP contribution is -2.42. The van der Waals surface area contributed by atoms with Gasteiger partial charge in [0.25, 0.3) is 0 Å². The van der Waals surface area contributed by atoms with Crippen LogP contribution >= 0.6 is 0 Å².